The fourth-order valence-corrected chi connectivity index (χ4v) is 2.92. The van der Waals surface area contributed by atoms with Crippen LogP contribution in [-0.4, -0.2) is 22.2 Å². The van der Waals surface area contributed by atoms with Crippen LogP contribution < -0.4 is 10.6 Å². The third-order valence-corrected chi connectivity index (χ3v) is 4.62. The van der Waals surface area contributed by atoms with Crippen LogP contribution in [0.25, 0.3) is 0 Å². The van der Waals surface area contributed by atoms with Crippen LogP contribution in [0, 0.1) is 19.7 Å². The van der Waals surface area contributed by atoms with E-state index in [1.165, 1.54) is 4.68 Å². The molecule has 0 saturated carbocycles. The number of halogens is 2. The summed E-state index contributed by atoms with van der Waals surface area (Å²) in [6, 6.07) is 3.45. The van der Waals surface area contributed by atoms with Crippen molar-refractivity contribution >= 4 is 23.2 Å². The Morgan fingerprint density at radius 2 is 2.26 bits per heavy atom. The molecule has 0 aliphatic carbocycles. The highest BCUT2D eigenvalue weighted by Gasteiger charge is 2.18. The van der Waals surface area contributed by atoms with Crippen molar-refractivity contribution in [1.29, 1.82) is 0 Å². The molecular formula is C16H18ClFN4O. The quantitative estimate of drug-likeness (QED) is 0.905. The van der Waals surface area contributed by atoms with E-state index in [9.17, 15) is 9.18 Å². The van der Waals surface area contributed by atoms with Crippen LogP contribution in [0.3, 0.4) is 0 Å². The molecule has 0 atom stereocenters. The summed E-state index contributed by atoms with van der Waals surface area (Å²) in [6.45, 7) is 4.97. The Bertz CT molecular complexity index is 772. The zero-order valence-electron chi connectivity index (χ0n) is 13.0. The lowest BCUT2D eigenvalue weighted by molar-refractivity contribution is -0.117. The SMILES string of the molecule is Cc1nn(CC(=O)Nc2ccc3c(c2F)CCNC3)c(C)c1Cl. The number of nitrogens with one attached hydrogen (secondary N) is 2. The van der Waals surface area contributed by atoms with Crippen LogP contribution in [-0.2, 0) is 24.3 Å². The van der Waals surface area contributed by atoms with E-state index < -0.39 is 0 Å². The number of carbonyl (C=O) groups is 1. The Balaban J connectivity index is 1.76. The smallest absolute Gasteiger partial charge is 0.246 e. The van der Waals surface area contributed by atoms with E-state index in [2.05, 4.69) is 15.7 Å². The number of aryl methyl sites for hydroxylation is 1. The van der Waals surface area contributed by atoms with Gasteiger partial charge in [-0.1, -0.05) is 17.7 Å². The minimum absolute atomic E-state index is 0.00251. The van der Waals surface area contributed by atoms with E-state index >= 15 is 0 Å². The topological polar surface area (TPSA) is 59.0 Å². The van der Waals surface area contributed by atoms with Gasteiger partial charge in [0.15, 0.2) is 0 Å². The molecule has 1 aliphatic heterocycles. The summed E-state index contributed by atoms with van der Waals surface area (Å²) in [6.07, 6.45) is 0.623. The van der Waals surface area contributed by atoms with Gasteiger partial charge in [-0.25, -0.2) is 4.39 Å². The number of aromatic nitrogens is 2. The van der Waals surface area contributed by atoms with Gasteiger partial charge in [0.25, 0.3) is 0 Å². The van der Waals surface area contributed by atoms with Gasteiger partial charge in [-0.05, 0) is 44.0 Å². The molecule has 0 saturated heterocycles. The van der Waals surface area contributed by atoms with E-state index in [-0.39, 0.29) is 24.0 Å². The van der Waals surface area contributed by atoms with E-state index in [1.54, 1.807) is 19.9 Å². The highest BCUT2D eigenvalue weighted by Crippen LogP contribution is 2.25. The van der Waals surface area contributed by atoms with Crippen molar-refractivity contribution in [2.24, 2.45) is 0 Å². The molecule has 23 heavy (non-hydrogen) atoms. The van der Waals surface area contributed by atoms with E-state index in [1.807, 2.05) is 6.07 Å². The highest BCUT2D eigenvalue weighted by molar-refractivity contribution is 6.31. The average molecular weight is 337 g/mol. The predicted molar refractivity (Wildman–Crippen MR) is 87.2 cm³/mol. The van der Waals surface area contributed by atoms with Crippen LogP contribution in [0.2, 0.25) is 5.02 Å². The van der Waals surface area contributed by atoms with Crippen LogP contribution in [0.1, 0.15) is 22.5 Å². The standard InChI is InChI=1S/C16H18ClFN4O/c1-9-15(17)10(2)22(21-9)8-14(23)20-13-4-3-11-7-19-6-5-12(11)16(13)18/h3-4,19H,5-8H2,1-2H3,(H,20,23). The molecule has 2 heterocycles. The number of anilines is 1. The van der Waals surface area contributed by atoms with Crippen LogP contribution in [0.4, 0.5) is 10.1 Å². The largest absolute Gasteiger partial charge is 0.322 e. The molecular weight excluding hydrogens is 319 g/mol. The second-order valence-electron chi connectivity index (χ2n) is 5.68. The normalized spacial score (nSPS) is 13.7. The molecule has 7 heteroatoms. The molecule has 2 N–H and O–H groups in total. The summed E-state index contributed by atoms with van der Waals surface area (Å²) >= 11 is 6.07. The monoisotopic (exact) mass is 336 g/mol. The fourth-order valence-electron chi connectivity index (χ4n) is 2.78. The molecule has 2 aromatic rings. The molecule has 0 radical (unpaired) electrons. The molecule has 1 amide bonds. The molecule has 122 valence electrons. The third kappa shape index (κ3) is 3.09. The van der Waals surface area contributed by atoms with Crippen LogP contribution in [0.5, 0.6) is 0 Å². The van der Waals surface area contributed by atoms with Gasteiger partial charge in [-0.15, -0.1) is 0 Å². The van der Waals surface area contributed by atoms with Crippen molar-refractivity contribution in [2.75, 3.05) is 11.9 Å². The first-order chi connectivity index (χ1) is 11.0. The Hall–Kier alpha value is -1.92. The maximum absolute atomic E-state index is 14.5. The van der Waals surface area contributed by atoms with Gasteiger partial charge in [-0.3, -0.25) is 9.48 Å². The average Bonchev–Trinajstić information content (AvgIpc) is 2.77. The molecule has 3 rings (SSSR count). The minimum Gasteiger partial charge on any atom is -0.322 e. The van der Waals surface area contributed by atoms with Crippen molar-refractivity contribution in [1.82, 2.24) is 15.1 Å². The van der Waals surface area contributed by atoms with Crippen molar-refractivity contribution in [3.05, 3.63) is 45.5 Å². The number of nitrogens with zero attached hydrogens (tertiary/aromatic N) is 2. The van der Waals surface area contributed by atoms with Crippen LogP contribution >= 0.6 is 11.6 Å². The maximum atomic E-state index is 14.5. The first-order valence-electron chi connectivity index (χ1n) is 7.47. The van der Waals surface area contributed by atoms with Gasteiger partial charge in [0.1, 0.15) is 12.4 Å². The summed E-state index contributed by atoms with van der Waals surface area (Å²) in [7, 11) is 0. The van der Waals surface area contributed by atoms with E-state index in [0.29, 0.717) is 29.2 Å². The predicted octanol–water partition coefficient (Wildman–Crippen LogP) is 2.58. The molecule has 1 aliphatic rings. The maximum Gasteiger partial charge on any atom is 0.246 e. The van der Waals surface area contributed by atoms with Gasteiger partial charge in [0, 0.05) is 6.54 Å². The summed E-state index contributed by atoms with van der Waals surface area (Å²) < 4.78 is 16.0. The molecule has 5 nitrogen and oxygen atoms in total. The zero-order chi connectivity index (χ0) is 16.6. The summed E-state index contributed by atoms with van der Waals surface area (Å²) in [4.78, 5) is 12.2. The Morgan fingerprint density at radius 1 is 1.48 bits per heavy atom. The van der Waals surface area contributed by atoms with Gasteiger partial charge < -0.3 is 10.6 Å². The Labute approximate surface area is 138 Å². The lowest BCUT2D eigenvalue weighted by Gasteiger charge is -2.19. The lowest BCUT2D eigenvalue weighted by Crippen LogP contribution is -2.26. The van der Waals surface area contributed by atoms with E-state index in [0.717, 1.165) is 17.8 Å². The Kier molecular flexibility index (Phi) is 4.37. The number of hydrogen-bond donors (Lipinski definition) is 2. The third-order valence-electron chi connectivity index (χ3n) is 4.07. The number of carbonyl (C=O) groups excluding carboxylic acids is 1. The van der Waals surface area contributed by atoms with Crippen molar-refractivity contribution in [3.8, 4) is 0 Å². The van der Waals surface area contributed by atoms with Gasteiger partial charge in [-0.2, -0.15) is 5.10 Å². The number of fused-ring (bicyclic) bond motifs is 1. The zero-order valence-corrected chi connectivity index (χ0v) is 13.8. The molecule has 0 bridgehead atoms. The summed E-state index contributed by atoms with van der Waals surface area (Å²) in [5.74, 6) is -0.677. The van der Waals surface area contributed by atoms with Crippen LogP contribution in [0.15, 0.2) is 12.1 Å². The molecule has 0 fully saturated rings. The van der Waals surface area contributed by atoms with Gasteiger partial charge >= 0.3 is 0 Å². The molecule has 0 spiro atoms. The van der Waals surface area contributed by atoms with Crippen molar-refractivity contribution in [3.63, 3.8) is 0 Å². The second-order valence-corrected chi connectivity index (χ2v) is 6.06. The highest BCUT2D eigenvalue weighted by atomic mass is 35.5. The molecule has 0 unspecified atom stereocenters. The number of rotatable bonds is 3. The Morgan fingerprint density at radius 3 is 2.96 bits per heavy atom. The van der Waals surface area contributed by atoms with Gasteiger partial charge in [0.2, 0.25) is 5.91 Å². The number of hydrogen-bond acceptors (Lipinski definition) is 3. The fraction of sp³-hybridized carbons (Fsp3) is 0.375. The molecule has 1 aromatic heterocycles. The minimum atomic E-state index is -0.344. The second kappa shape index (κ2) is 6.29. The lowest BCUT2D eigenvalue weighted by atomic mass is 9.99. The molecule has 1 aromatic carbocycles. The first-order valence-corrected chi connectivity index (χ1v) is 7.85. The van der Waals surface area contributed by atoms with Crippen molar-refractivity contribution in [2.45, 2.75) is 33.4 Å². The summed E-state index contributed by atoms with van der Waals surface area (Å²) in [5, 5.41) is 10.6. The van der Waals surface area contributed by atoms with E-state index in [4.69, 9.17) is 11.6 Å². The first kappa shape index (κ1) is 16.0. The number of benzene rings is 1. The van der Waals surface area contributed by atoms with Crippen molar-refractivity contribution < 1.29 is 9.18 Å². The number of amides is 1. The summed E-state index contributed by atoms with van der Waals surface area (Å²) in [5.41, 5.74) is 3.22. The van der Waals surface area contributed by atoms with Gasteiger partial charge in [0.05, 0.1) is 22.1 Å².